The van der Waals surface area contributed by atoms with Gasteiger partial charge in [-0.3, -0.25) is 9.69 Å². The van der Waals surface area contributed by atoms with Crippen LogP contribution in [0.3, 0.4) is 0 Å². The van der Waals surface area contributed by atoms with Crippen molar-refractivity contribution in [3.63, 3.8) is 0 Å². The second-order valence-corrected chi connectivity index (χ2v) is 11.8. The third-order valence-corrected chi connectivity index (χ3v) is 9.46. The largest absolute Gasteiger partial charge is 0.507 e. The minimum Gasteiger partial charge on any atom is -0.507 e. The number of phenolic OH excluding ortho intramolecular Hbond substituents is 1. The van der Waals surface area contributed by atoms with E-state index in [0.717, 1.165) is 56.9 Å². The number of piperazine rings is 1. The Morgan fingerprint density at radius 3 is 2.59 bits per heavy atom. The fourth-order valence-corrected chi connectivity index (χ4v) is 5.83. The third-order valence-electron chi connectivity index (χ3n) is 9.01. The van der Waals surface area contributed by atoms with E-state index in [4.69, 9.17) is 21.2 Å². The number of hydrogen-bond donors (Lipinski definition) is 1. The first-order chi connectivity index (χ1) is 18.5. The van der Waals surface area contributed by atoms with Crippen molar-refractivity contribution in [1.82, 2.24) is 9.80 Å². The van der Waals surface area contributed by atoms with Crippen LogP contribution in [0.15, 0.2) is 29.0 Å². The maximum Gasteiger partial charge on any atom is 0.154 e. The minimum atomic E-state index is -0.0771. The molecule has 39 heavy (non-hydrogen) atoms. The molecule has 2 aliphatic rings. The molecule has 1 aliphatic heterocycles. The number of benzene rings is 1. The number of rotatable bonds is 10. The van der Waals surface area contributed by atoms with Crippen molar-refractivity contribution < 1.29 is 19.5 Å². The lowest BCUT2D eigenvalue weighted by molar-refractivity contribution is 0.0821. The van der Waals surface area contributed by atoms with Crippen molar-refractivity contribution in [3.8, 4) is 11.5 Å². The van der Waals surface area contributed by atoms with Crippen LogP contribution in [0.1, 0.15) is 62.0 Å². The van der Waals surface area contributed by atoms with Gasteiger partial charge in [0.2, 0.25) is 0 Å². The van der Waals surface area contributed by atoms with E-state index in [9.17, 15) is 9.90 Å². The zero-order valence-corrected chi connectivity index (χ0v) is 25.5. The van der Waals surface area contributed by atoms with Crippen LogP contribution >= 0.6 is 11.6 Å². The van der Waals surface area contributed by atoms with Gasteiger partial charge in [0, 0.05) is 44.2 Å². The number of ether oxygens (including phenoxy) is 1. The van der Waals surface area contributed by atoms with Crippen LogP contribution in [-0.2, 0) is 11.3 Å². The quantitative estimate of drug-likeness (QED) is 0.166. The van der Waals surface area contributed by atoms with Crippen LogP contribution in [0.2, 0.25) is 5.02 Å². The summed E-state index contributed by atoms with van der Waals surface area (Å²) in [6.45, 7) is 16.5. The SMILES string of the molecule is COc1c(Cl)c(C)c(C=O)c(O)c1C/C=C(C)/C=C/[C@@]1(C)[C@H](C)CC/C(=N\OCCN2CCN(C)CC2)[C@@H]1C. The highest BCUT2D eigenvalue weighted by Crippen LogP contribution is 2.45. The van der Waals surface area contributed by atoms with Gasteiger partial charge in [0.15, 0.2) is 6.29 Å². The number of aldehydes is 1. The number of methoxy groups -OCH3 is 1. The molecule has 1 heterocycles. The molecule has 1 saturated carbocycles. The molecular weight excluding hydrogens is 514 g/mol. The number of phenols is 1. The Hall–Kier alpha value is -2.35. The summed E-state index contributed by atoms with van der Waals surface area (Å²) in [6.07, 6.45) is 9.51. The molecule has 1 aliphatic carbocycles. The molecule has 0 amide bonds. The van der Waals surface area contributed by atoms with Gasteiger partial charge >= 0.3 is 0 Å². The maximum atomic E-state index is 11.5. The van der Waals surface area contributed by atoms with Gasteiger partial charge < -0.3 is 19.6 Å². The van der Waals surface area contributed by atoms with E-state index >= 15 is 0 Å². The molecule has 0 unspecified atom stereocenters. The summed E-state index contributed by atoms with van der Waals surface area (Å²) in [7, 11) is 3.68. The van der Waals surface area contributed by atoms with Gasteiger partial charge in [0.25, 0.3) is 0 Å². The van der Waals surface area contributed by atoms with Crippen molar-refractivity contribution in [2.75, 3.05) is 53.5 Å². The highest BCUT2D eigenvalue weighted by molar-refractivity contribution is 6.33. The molecule has 3 rings (SSSR count). The fraction of sp³-hybridized carbons (Fsp3) is 0.613. The standard InChI is InChI=1S/C31H46ClN3O4/c1-21(8-10-25-29(37)26(20-36)23(3)28(32)30(25)38-7)12-13-31(5)22(2)9-11-27(24(31)4)33-39-19-18-35-16-14-34(6)15-17-35/h8,12-13,20,22,24,37H,9-11,14-19H2,1-7H3/b13-12+,21-8+,33-27+/t22-,24+,31+/m1/s1. The van der Waals surface area contributed by atoms with E-state index in [-0.39, 0.29) is 22.6 Å². The summed E-state index contributed by atoms with van der Waals surface area (Å²) in [5.41, 5.74) is 3.34. The summed E-state index contributed by atoms with van der Waals surface area (Å²) in [5, 5.41) is 15.7. The molecule has 1 aromatic rings. The molecule has 0 spiro atoms. The lowest BCUT2D eigenvalue weighted by Gasteiger charge is -2.43. The Bertz CT molecular complexity index is 1110. The lowest BCUT2D eigenvalue weighted by atomic mass is 9.61. The van der Waals surface area contributed by atoms with E-state index < -0.39 is 0 Å². The number of hydrogen-bond acceptors (Lipinski definition) is 7. The highest BCUT2D eigenvalue weighted by Gasteiger charge is 2.41. The number of allylic oxidation sites excluding steroid dienone is 4. The molecule has 216 valence electrons. The van der Waals surface area contributed by atoms with Gasteiger partial charge in [-0.2, -0.15) is 0 Å². The maximum absolute atomic E-state index is 11.5. The van der Waals surface area contributed by atoms with E-state index in [1.807, 2.05) is 13.0 Å². The number of nitrogens with zero attached hydrogens (tertiary/aromatic N) is 3. The van der Waals surface area contributed by atoms with Crippen LogP contribution in [0.5, 0.6) is 11.5 Å². The Morgan fingerprint density at radius 2 is 1.95 bits per heavy atom. The second-order valence-electron chi connectivity index (χ2n) is 11.4. The Kier molecular flexibility index (Phi) is 11.1. The van der Waals surface area contributed by atoms with Gasteiger partial charge in [-0.25, -0.2) is 0 Å². The molecule has 0 bridgehead atoms. The van der Waals surface area contributed by atoms with E-state index in [2.05, 4.69) is 54.9 Å². The highest BCUT2D eigenvalue weighted by atomic mass is 35.5. The summed E-state index contributed by atoms with van der Waals surface area (Å²) in [6, 6.07) is 0. The number of aromatic hydroxyl groups is 1. The fourth-order valence-electron chi connectivity index (χ4n) is 5.54. The summed E-state index contributed by atoms with van der Waals surface area (Å²) in [5.74, 6) is 1.08. The third kappa shape index (κ3) is 7.24. The van der Waals surface area contributed by atoms with Gasteiger partial charge in [-0.05, 0) is 57.1 Å². The summed E-state index contributed by atoms with van der Waals surface area (Å²) >= 11 is 6.43. The average Bonchev–Trinajstić information content (AvgIpc) is 2.92. The van der Waals surface area contributed by atoms with Crippen molar-refractivity contribution >= 4 is 23.6 Å². The second kappa shape index (κ2) is 13.8. The number of carbonyl (C=O) groups is 1. The normalized spacial score (nSPS) is 26.4. The van der Waals surface area contributed by atoms with Gasteiger partial charge in [-0.15, -0.1) is 0 Å². The molecule has 1 N–H and O–H groups in total. The van der Waals surface area contributed by atoms with Crippen LogP contribution in [0.4, 0.5) is 0 Å². The van der Waals surface area contributed by atoms with Crippen molar-refractivity contribution in [3.05, 3.63) is 45.5 Å². The monoisotopic (exact) mass is 559 g/mol. The Balaban J connectivity index is 1.68. The van der Waals surface area contributed by atoms with Gasteiger partial charge in [0.05, 0.1) is 23.4 Å². The van der Waals surface area contributed by atoms with Crippen LogP contribution in [0.25, 0.3) is 0 Å². The molecule has 1 aromatic carbocycles. The molecule has 0 radical (unpaired) electrons. The predicted octanol–water partition coefficient (Wildman–Crippen LogP) is 5.91. The molecule has 0 aromatic heterocycles. The van der Waals surface area contributed by atoms with Crippen molar-refractivity contribution in [2.24, 2.45) is 22.4 Å². The predicted molar refractivity (Wildman–Crippen MR) is 159 cm³/mol. The minimum absolute atomic E-state index is 0.0648. The van der Waals surface area contributed by atoms with Crippen molar-refractivity contribution in [2.45, 2.75) is 53.9 Å². The van der Waals surface area contributed by atoms with Crippen LogP contribution in [0, 0.1) is 24.2 Å². The van der Waals surface area contributed by atoms with Gasteiger partial charge in [-0.1, -0.05) is 61.3 Å². The number of likely N-dealkylation sites (N-methyl/N-ethyl adjacent to an activating group) is 1. The molecule has 7 nitrogen and oxygen atoms in total. The zero-order chi connectivity index (χ0) is 28.7. The first kappa shape index (κ1) is 31.2. The molecule has 1 saturated heterocycles. The van der Waals surface area contributed by atoms with Gasteiger partial charge in [0.1, 0.15) is 18.1 Å². The summed E-state index contributed by atoms with van der Waals surface area (Å²) < 4.78 is 5.47. The zero-order valence-electron chi connectivity index (χ0n) is 24.7. The molecule has 3 atom stereocenters. The topological polar surface area (TPSA) is 74.6 Å². The Morgan fingerprint density at radius 1 is 1.26 bits per heavy atom. The first-order valence-corrected chi connectivity index (χ1v) is 14.4. The number of halogens is 1. The molecular formula is C31H46ClN3O4. The molecule has 8 heteroatoms. The molecule has 2 fully saturated rings. The van der Waals surface area contributed by atoms with E-state index in [0.29, 0.717) is 47.1 Å². The summed E-state index contributed by atoms with van der Waals surface area (Å²) in [4.78, 5) is 22.2. The Labute approximate surface area is 239 Å². The van der Waals surface area contributed by atoms with E-state index in [1.54, 1.807) is 6.92 Å². The number of oxime groups is 1. The van der Waals surface area contributed by atoms with Crippen molar-refractivity contribution in [1.29, 1.82) is 0 Å². The smallest absolute Gasteiger partial charge is 0.154 e. The van der Waals surface area contributed by atoms with Crippen LogP contribution in [-0.4, -0.2) is 80.4 Å². The van der Waals surface area contributed by atoms with Crippen LogP contribution < -0.4 is 4.74 Å². The lowest BCUT2D eigenvalue weighted by Crippen LogP contribution is -2.45. The first-order valence-electron chi connectivity index (χ1n) is 14.0. The average molecular weight is 560 g/mol. The van der Waals surface area contributed by atoms with E-state index in [1.165, 1.54) is 7.11 Å². The number of carbonyl (C=O) groups excluding carboxylic acids is 1.